The number of nitrogens with one attached hydrogen (secondary N) is 2. The van der Waals surface area contributed by atoms with Crippen LogP contribution in [0.25, 0.3) is 0 Å². The Labute approximate surface area is 284 Å². The van der Waals surface area contributed by atoms with Crippen LogP contribution in [-0.2, 0) is 14.3 Å². The maximum Gasteiger partial charge on any atom is 0.232 e. The molecule has 7 fully saturated rings. The molecule has 8 aliphatic rings. The second-order valence-electron chi connectivity index (χ2n) is 18.3. The van der Waals surface area contributed by atoms with E-state index in [2.05, 4.69) is 49.3 Å². The molecule has 4 saturated heterocycles. The third kappa shape index (κ3) is 5.55. The van der Waals surface area contributed by atoms with Gasteiger partial charge in [-0.2, -0.15) is 0 Å². The predicted octanol–water partition coefficient (Wildman–Crippen LogP) is 6.28. The van der Waals surface area contributed by atoms with E-state index in [4.69, 9.17) is 4.74 Å². The van der Waals surface area contributed by atoms with E-state index in [0.717, 1.165) is 75.4 Å². The molecular weight excluding hydrogens is 584 g/mol. The van der Waals surface area contributed by atoms with E-state index in [9.17, 15) is 9.59 Å². The first kappa shape index (κ1) is 32.7. The van der Waals surface area contributed by atoms with E-state index < -0.39 is 0 Å². The molecule has 7 heteroatoms. The number of allylic oxidation sites excluding steroid dienone is 1. The Bertz CT molecular complexity index is 1230. The van der Waals surface area contributed by atoms with E-state index >= 15 is 0 Å². The molecule has 0 aromatic rings. The van der Waals surface area contributed by atoms with Gasteiger partial charge in [-0.3, -0.25) is 14.9 Å². The minimum absolute atomic E-state index is 0.00478. The Morgan fingerprint density at radius 2 is 1.74 bits per heavy atom. The van der Waals surface area contributed by atoms with E-state index in [1.165, 1.54) is 70.9 Å². The number of hydrogen-bond donors (Lipinski definition) is 2. The largest absolute Gasteiger partial charge is 0.357 e. The van der Waals surface area contributed by atoms with Crippen molar-refractivity contribution in [2.75, 3.05) is 32.7 Å². The number of carbonyl (C=O) groups is 2. The number of fused-ring (bicyclic) bond motifs is 7. The topological polar surface area (TPSA) is 73.9 Å². The summed E-state index contributed by atoms with van der Waals surface area (Å²) < 4.78 is 7.09. The van der Waals surface area contributed by atoms with Crippen LogP contribution in [0.15, 0.2) is 11.6 Å². The van der Waals surface area contributed by atoms with Crippen LogP contribution in [0, 0.1) is 46.3 Å². The zero-order valence-electron chi connectivity index (χ0n) is 30.0. The summed E-state index contributed by atoms with van der Waals surface area (Å²) in [7, 11) is 0. The number of carbonyl (C=O) groups excluding carboxylic acids is 2. The highest BCUT2D eigenvalue weighted by molar-refractivity contribution is 5.97. The molecule has 0 unspecified atom stereocenters. The van der Waals surface area contributed by atoms with Gasteiger partial charge >= 0.3 is 0 Å². The van der Waals surface area contributed by atoms with Crippen LogP contribution >= 0.6 is 0 Å². The molecular formula is C40H64N4O3. The number of amides is 2. The van der Waals surface area contributed by atoms with Crippen molar-refractivity contribution in [2.24, 2.45) is 46.3 Å². The van der Waals surface area contributed by atoms with Crippen molar-refractivity contribution in [3.05, 3.63) is 11.6 Å². The van der Waals surface area contributed by atoms with Crippen LogP contribution in [-0.4, -0.2) is 78.3 Å². The predicted molar refractivity (Wildman–Crippen MR) is 185 cm³/mol. The Morgan fingerprint density at radius 3 is 2.49 bits per heavy atom. The molecule has 7 nitrogen and oxygen atoms in total. The molecule has 11 atom stereocenters. The fraction of sp³-hybridized carbons (Fsp3) is 0.900. The highest BCUT2D eigenvalue weighted by Crippen LogP contribution is 2.70. The summed E-state index contributed by atoms with van der Waals surface area (Å²) in [5.41, 5.74) is 2.12. The van der Waals surface area contributed by atoms with Gasteiger partial charge in [0.1, 0.15) is 12.1 Å². The summed E-state index contributed by atoms with van der Waals surface area (Å²) in [6, 6.07) is 0.776. The van der Waals surface area contributed by atoms with Gasteiger partial charge in [0.15, 0.2) is 0 Å². The maximum atomic E-state index is 13.2. The van der Waals surface area contributed by atoms with Crippen molar-refractivity contribution >= 4 is 11.8 Å². The molecule has 2 N–H and O–H groups in total. The molecule has 0 bridgehead atoms. The summed E-state index contributed by atoms with van der Waals surface area (Å²) in [6.45, 7) is 15.2. The smallest absolute Gasteiger partial charge is 0.232 e. The molecule has 0 aromatic heterocycles. The summed E-state index contributed by atoms with van der Waals surface area (Å²) in [5.74, 6) is 4.19. The van der Waals surface area contributed by atoms with E-state index in [1.54, 1.807) is 5.57 Å². The fourth-order valence-corrected chi connectivity index (χ4v) is 13.3. The average molecular weight is 649 g/mol. The molecule has 47 heavy (non-hydrogen) atoms. The minimum atomic E-state index is -0.0879. The highest BCUT2D eigenvalue weighted by atomic mass is 16.5. The Kier molecular flexibility index (Phi) is 8.64. The van der Waals surface area contributed by atoms with E-state index in [0.29, 0.717) is 29.4 Å². The molecule has 8 rings (SSSR count). The van der Waals surface area contributed by atoms with Gasteiger partial charge in [-0.1, -0.05) is 45.8 Å². The first-order valence-electron chi connectivity index (χ1n) is 20.0. The lowest BCUT2D eigenvalue weighted by atomic mass is 9.46. The number of hydrogen-bond acceptors (Lipinski definition) is 5. The summed E-state index contributed by atoms with van der Waals surface area (Å²) >= 11 is 0. The summed E-state index contributed by atoms with van der Waals surface area (Å²) in [6.07, 6.45) is 19.8. The molecule has 4 aliphatic heterocycles. The number of ether oxygens (including phenoxy) is 1. The van der Waals surface area contributed by atoms with Crippen LogP contribution in [0.3, 0.4) is 0 Å². The Hall–Kier alpha value is -1.44. The van der Waals surface area contributed by atoms with Crippen molar-refractivity contribution in [3.63, 3.8) is 0 Å². The van der Waals surface area contributed by atoms with Crippen LogP contribution in [0.4, 0.5) is 0 Å². The van der Waals surface area contributed by atoms with Gasteiger partial charge in [-0.15, -0.1) is 0 Å². The van der Waals surface area contributed by atoms with Crippen LogP contribution < -0.4 is 10.6 Å². The number of rotatable bonds is 4. The van der Waals surface area contributed by atoms with Gasteiger partial charge in [-0.25, -0.2) is 0 Å². The minimum Gasteiger partial charge on any atom is -0.357 e. The molecule has 0 radical (unpaired) electrons. The monoisotopic (exact) mass is 648 g/mol. The van der Waals surface area contributed by atoms with E-state index in [-0.39, 0.29) is 35.4 Å². The van der Waals surface area contributed by atoms with Crippen LogP contribution in [0.5, 0.6) is 0 Å². The van der Waals surface area contributed by atoms with Crippen LogP contribution in [0.2, 0.25) is 0 Å². The molecule has 1 spiro atoms. The van der Waals surface area contributed by atoms with E-state index in [1.807, 2.05) is 4.90 Å². The summed E-state index contributed by atoms with van der Waals surface area (Å²) in [4.78, 5) is 30.9. The maximum absolute atomic E-state index is 13.2. The van der Waals surface area contributed by atoms with Gasteiger partial charge in [-0.05, 0) is 137 Å². The van der Waals surface area contributed by atoms with Gasteiger partial charge in [0.25, 0.3) is 0 Å². The average Bonchev–Trinajstić information content (AvgIpc) is 3.52. The number of piperidine rings is 3. The first-order chi connectivity index (χ1) is 22.6. The summed E-state index contributed by atoms with van der Waals surface area (Å²) in [5, 5.41) is 7.23. The second-order valence-corrected chi connectivity index (χ2v) is 18.3. The molecule has 4 aliphatic carbocycles. The quantitative estimate of drug-likeness (QED) is 0.278. The van der Waals surface area contributed by atoms with Gasteiger partial charge in [0.2, 0.25) is 11.8 Å². The Morgan fingerprint density at radius 1 is 0.957 bits per heavy atom. The first-order valence-corrected chi connectivity index (χ1v) is 20.0. The lowest BCUT2D eigenvalue weighted by Gasteiger charge is -2.58. The highest BCUT2D eigenvalue weighted by Gasteiger charge is 2.68. The zero-order valence-corrected chi connectivity index (χ0v) is 30.0. The third-order valence-electron chi connectivity index (χ3n) is 16.0. The normalized spacial score (nSPS) is 47.1. The SMILES string of the molecule is C[C@@H]1CC[C@@]2(NC1)O[C@H]1C[C@H]3[C@@H]4CC=C5C[C@H](NC(=O)CC(=O)N6CCC(N7CCCCC7)CC6)CC[C@]5(C)[C@H]4CC[C@]3(C)[C@H]1[C@@H]2C. The Balaban J connectivity index is 0.860. The second kappa shape index (κ2) is 12.4. The lowest BCUT2D eigenvalue weighted by Crippen LogP contribution is -2.57. The van der Waals surface area contributed by atoms with Gasteiger partial charge in [0, 0.05) is 37.6 Å². The molecule has 2 amide bonds. The molecule has 262 valence electrons. The molecule has 0 aromatic carbocycles. The van der Waals surface area contributed by atoms with Crippen molar-refractivity contribution in [3.8, 4) is 0 Å². The van der Waals surface area contributed by atoms with Gasteiger partial charge < -0.3 is 19.9 Å². The fourth-order valence-electron chi connectivity index (χ4n) is 13.3. The van der Waals surface area contributed by atoms with Crippen molar-refractivity contribution < 1.29 is 14.3 Å². The van der Waals surface area contributed by atoms with Crippen molar-refractivity contribution in [1.82, 2.24) is 20.4 Å². The van der Waals surface area contributed by atoms with Crippen molar-refractivity contribution in [2.45, 2.75) is 148 Å². The standard InChI is InChI=1S/C40H64N4O3/c1-26-10-17-40(41-25-26)27(2)37-34(47-40)23-33-31-9-8-28-22-29(11-15-38(28,3)32(31)12-16-39(33,37)4)42-35(45)24-36(46)44-20-13-30(14-21-44)43-18-6-5-7-19-43/h8,26-27,29-34,37,41H,5-7,9-25H2,1-4H3,(H,42,45)/t26-,27+,29-,31-,32+,33+,34+,37+,38+,39+,40-/m1/s1. The van der Waals surface area contributed by atoms with Gasteiger partial charge in [0.05, 0.1) is 6.10 Å². The lowest BCUT2D eigenvalue weighted by molar-refractivity contribution is -0.137. The molecule has 3 saturated carbocycles. The van der Waals surface area contributed by atoms with Crippen LogP contribution in [0.1, 0.15) is 124 Å². The third-order valence-corrected chi connectivity index (χ3v) is 16.0. The number of nitrogens with zero attached hydrogens (tertiary/aromatic N) is 2. The zero-order chi connectivity index (χ0) is 32.6. The van der Waals surface area contributed by atoms with Crippen molar-refractivity contribution in [1.29, 1.82) is 0 Å². The molecule has 4 heterocycles. The number of likely N-dealkylation sites (tertiary alicyclic amines) is 2.